The maximum atomic E-state index is 8.86. The van der Waals surface area contributed by atoms with Crippen LogP contribution in [-0.2, 0) is 4.12 Å². The van der Waals surface area contributed by atoms with E-state index in [1.807, 2.05) is 19.6 Å². The summed E-state index contributed by atoms with van der Waals surface area (Å²) >= 11 is 0. The Hall–Kier alpha value is 0.764. The first kappa shape index (κ1) is 32.4. The number of hydrogen-bond acceptors (Lipinski definition) is 8. The second-order valence-electron chi connectivity index (χ2n) is 8.14. The number of hydrogen-bond donors (Lipinski definition) is 7. The molecule has 0 unspecified atom stereocenters. The average molecular weight is 439 g/mol. The third kappa shape index (κ3) is 66.2. The maximum Gasteiger partial charge on any atom is 0.489 e. The Morgan fingerprint density at radius 2 is 1.08 bits per heavy atom. The topological polar surface area (TPSA) is 157 Å². The summed E-state index contributed by atoms with van der Waals surface area (Å²) in [7, 11) is -9.85. The molecule has 0 aliphatic heterocycles. The third-order valence-corrected chi connectivity index (χ3v) is 8.23. The largest absolute Gasteiger partial charge is 0.489 e. The standard InChI is InChI=1S/C6H19NSi2.C4H14O3Si2.CH6O3Si.H3N/c1-8(2)6-7-9(3,4)5;1-8(2,3)7-9(4,5)6;1-5(2,3)4;/h7-8H,6H2,1-5H3;5-6H,1-4H3;2-4H,1H3;1H3. The van der Waals surface area contributed by atoms with E-state index in [0.717, 1.165) is 6.55 Å². The quantitative estimate of drug-likeness (QED) is 0.306. The molecular weight excluding hydrogens is 397 g/mol. The summed E-state index contributed by atoms with van der Waals surface area (Å²) < 4.78 is 5.01. The molecule has 24 heavy (non-hydrogen) atoms. The Labute approximate surface area is 154 Å². The predicted molar refractivity (Wildman–Crippen MR) is 114 cm³/mol. The smallest absolute Gasteiger partial charge is 0.416 e. The minimum Gasteiger partial charge on any atom is -0.416 e. The van der Waals surface area contributed by atoms with Gasteiger partial charge in [-0.15, -0.1) is 0 Å². The van der Waals surface area contributed by atoms with Gasteiger partial charge in [-0.2, -0.15) is 0 Å². The molecule has 8 nitrogen and oxygen atoms in total. The summed E-state index contributed by atoms with van der Waals surface area (Å²) in [5, 5.41) is 0. The van der Waals surface area contributed by atoms with Crippen molar-refractivity contribution in [2.45, 2.75) is 65.5 Å². The van der Waals surface area contributed by atoms with Gasteiger partial charge in [-0.3, -0.25) is 0 Å². The maximum absolute atomic E-state index is 8.86. The van der Waals surface area contributed by atoms with Crippen molar-refractivity contribution in [2.75, 3.05) is 6.17 Å². The zero-order valence-corrected chi connectivity index (χ0v) is 22.3. The summed E-state index contributed by atoms with van der Waals surface area (Å²) in [6.45, 7) is 19.9. The average Bonchev–Trinajstić information content (AvgIpc) is 2.05. The summed E-state index contributed by atoms with van der Waals surface area (Å²) in [4.78, 5) is 44.7. The van der Waals surface area contributed by atoms with E-state index >= 15 is 0 Å². The van der Waals surface area contributed by atoms with E-state index < -0.39 is 34.2 Å². The first-order valence-electron chi connectivity index (χ1n) is 7.69. The molecule has 0 aromatic rings. The minimum absolute atomic E-state index is 0. The molecule has 0 aromatic heterocycles. The Balaban J connectivity index is -0.000000128. The highest BCUT2D eigenvalue weighted by Gasteiger charge is 2.31. The van der Waals surface area contributed by atoms with Crippen molar-refractivity contribution >= 4 is 43.0 Å². The Kier molecular flexibility index (Phi) is 17.6. The molecule has 0 amide bonds. The van der Waals surface area contributed by atoms with Crippen LogP contribution in [-0.4, -0.2) is 73.1 Å². The molecule has 0 saturated heterocycles. The van der Waals surface area contributed by atoms with Crippen LogP contribution in [0.25, 0.3) is 0 Å². The van der Waals surface area contributed by atoms with Crippen molar-refractivity contribution in [3.63, 3.8) is 0 Å². The van der Waals surface area contributed by atoms with Gasteiger partial charge in [0.1, 0.15) is 8.24 Å². The molecule has 0 spiro atoms. The lowest BCUT2D eigenvalue weighted by atomic mass is 11.5. The molecule has 0 radical (unpaired) electrons. The molecule has 152 valence electrons. The van der Waals surface area contributed by atoms with Crippen molar-refractivity contribution in [3.8, 4) is 0 Å². The van der Waals surface area contributed by atoms with Crippen LogP contribution in [0.4, 0.5) is 0 Å². The van der Waals surface area contributed by atoms with Gasteiger partial charge in [0, 0.05) is 21.9 Å². The second kappa shape index (κ2) is 13.0. The monoisotopic (exact) mass is 438 g/mol. The van der Waals surface area contributed by atoms with Crippen LogP contribution >= 0.6 is 0 Å². The molecule has 13 heteroatoms. The Morgan fingerprint density at radius 1 is 0.792 bits per heavy atom. The van der Waals surface area contributed by atoms with Crippen LogP contribution in [0.3, 0.4) is 0 Å². The molecule has 0 atom stereocenters. The molecule has 0 rings (SSSR count). The third-order valence-electron chi connectivity index (χ3n) is 1.54. The van der Waals surface area contributed by atoms with Crippen molar-refractivity contribution in [3.05, 3.63) is 0 Å². The molecule has 0 bridgehead atoms. The summed E-state index contributed by atoms with van der Waals surface area (Å²) in [5.74, 6) is 0. The van der Waals surface area contributed by atoms with Crippen molar-refractivity contribution in [1.29, 1.82) is 0 Å². The molecular formula is C11H42N2O6Si5. The van der Waals surface area contributed by atoms with E-state index in [1.54, 1.807) is 0 Å². The van der Waals surface area contributed by atoms with Gasteiger partial charge in [0.15, 0.2) is 8.32 Å². The second-order valence-corrected chi connectivity index (χ2v) is 25.0. The fourth-order valence-electron chi connectivity index (χ4n) is 1.09. The van der Waals surface area contributed by atoms with Gasteiger partial charge in [0.05, 0.1) is 0 Å². The van der Waals surface area contributed by atoms with E-state index in [-0.39, 0.29) is 14.9 Å². The van der Waals surface area contributed by atoms with Gasteiger partial charge in [-0.25, -0.2) is 0 Å². The number of rotatable bonds is 5. The highest BCUT2D eigenvalue weighted by atomic mass is 28.5. The van der Waals surface area contributed by atoms with Crippen LogP contribution in [0.5, 0.6) is 0 Å². The number of nitrogens with one attached hydrogen (secondary N) is 1. The van der Waals surface area contributed by atoms with Crippen molar-refractivity contribution in [1.82, 2.24) is 11.1 Å². The first-order valence-corrected chi connectivity index (χ1v) is 22.4. The predicted octanol–water partition coefficient (Wildman–Crippen LogP) is 0.522. The van der Waals surface area contributed by atoms with Crippen molar-refractivity contribution < 1.29 is 28.1 Å². The molecule has 0 heterocycles. The van der Waals surface area contributed by atoms with Crippen LogP contribution in [0, 0.1) is 0 Å². The summed E-state index contributed by atoms with van der Waals surface area (Å²) in [6.07, 6.45) is 1.32. The van der Waals surface area contributed by atoms with E-state index in [9.17, 15) is 0 Å². The molecule has 0 saturated carbocycles. The molecule has 0 aliphatic rings. The normalized spacial score (nSPS) is 12.5. The first-order chi connectivity index (χ1) is 9.62. The van der Waals surface area contributed by atoms with Crippen LogP contribution < -0.4 is 11.1 Å². The summed E-state index contributed by atoms with van der Waals surface area (Å²) in [6, 6.07) is 0. The van der Waals surface area contributed by atoms with E-state index in [0.29, 0.717) is 0 Å². The Morgan fingerprint density at radius 3 is 1.12 bits per heavy atom. The SMILES string of the molecule is C[SiH](C)CN[Si](C)(C)C.C[Si](C)(C)O[Si](C)(O)O.C[Si](O)(O)O.N. The van der Waals surface area contributed by atoms with Gasteiger partial charge in [-0.05, 0) is 25.8 Å². The molecule has 0 aliphatic carbocycles. The highest BCUT2D eigenvalue weighted by molar-refractivity contribution is 6.78. The van der Waals surface area contributed by atoms with Gasteiger partial charge in [0.25, 0.3) is 0 Å². The Bertz CT molecular complexity index is 279. The van der Waals surface area contributed by atoms with Gasteiger partial charge in [-0.1, -0.05) is 32.7 Å². The van der Waals surface area contributed by atoms with Crippen LogP contribution in [0.1, 0.15) is 0 Å². The zero-order valence-electron chi connectivity index (χ0n) is 17.1. The van der Waals surface area contributed by atoms with E-state index in [2.05, 4.69) is 37.7 Å². The minimum atomic E-state index is -3.61. The summed E-state index contributed by atoms with van der Waals surface area (Å²) in [5.41, 5.74) is 0. The van der Waals surface area contributed by atoms with Crippen LogP contribution in [0.15, 0.2) is 0 Å². The highest BCUT2D eigenvalue weighted by Crippen LogP contribution is 2.08. The van der Waals surface area contributed by atoms with E-state index in [4.69, 9.17) is 28.1 Å². The van der Waals surface area contributed by atoms with E-state index in [1.165, 1.54) is 12.7 Å². The fraction of sp³-hybridized carbons (Fsp3) is 1.00. The lowest BCUT2D eigenvalue weighted by molar-refractivity contribution is 0.238. The molecule has 0 aromatic carbocycles. The molecule has 9 N–H and O–H groups in total. The van der Waals surface area contributed by atoms with Gasteiger partial charge in [0.2, 0.25) is 0 Å². The van der Waals surface area contributed by atoms with Gasteiger partial charge < -0.3 is 39.2 Å². The fourth-order valence-corrected chi connectivity index (χ4v) is 9.81. The van der Waals surface area contributed by atoms with Crippen molar-refractivity contribution in [2.24, 2.45) is 0 Å². The lowest BCUT2D eigenvalue weighted by Gasteiger charge is -2.23. The van der Waals surface area contributed by atoms with Crippen LogP contribution in [0.2, 0.25) is 65.5 Å². The zero-order chi connectivity index (χ0) is 19.7. The lowest BCUT2D eigenvalue weighted by Crippen LogP contribution is -2.45. The van der Waals surface area contributed by atoms with Gasteiger partial charge >= 0.3 is 17.6 Å². The molecule has 0 fully saturated rings.